The highest BCUT2D eigenvalue weighted by Crippen LogP contribution is 2.39. The van der Waals surface area contributed by atoms with Gasteiger partial charge in [-0.05, 0) is 47.2 Å². The quantitative estimate of drug-likeness (QED) is 0.761. The van der Waals surface area contributed by atoms with Crippen LogP contribution in [0.4, 0.5) is 0 Å². The Morgan fingerprint density at radius 2 is 2.14 bits per heavy atom. The Balaban J connectivity index is 1.89. The Kier molecular flexibility index (Phi) is 2.69. The minimum atomic E-state index is -0.773. The molecule has 0 bridgehead atoms. The molecule has 1 unspecified atom stereocenters. The number of benzene rings is 2. The molecule has 5 heteroatoms. The van der Waals surface area contributed by atoms with Crippen molar-refractivity contribution in [2.45, 2.75) is 18.8 Å². The first-order chi connectivity index (χ1) is 10.6. The van der Waals surface area contributed by atoms with Gasteiger partial charge in [0.1, 0.15) is 0 Å². The van der Waals surface area contributed by atoms with E-state index in [9.17, 15) is 14.7 Å². The fourth-order valence-corrected chi connectivity index (χ4v) is 3.30. The number of carboxylic acids is 1. The van der Waals surface area contributed by atoms with E-state index in [1.807, 2.05) is 30.3 Å². The third-order valence-electron chi connectivity index (χ3n) is 4.30. The van der Waals surface area contributed by atoms with Crippen molar-refractivity contribution in [3.05, 3.63) is 58.1 Å². The van der Waals surface area contributed by atoms with Crippen molar-refractivity contribution in [3.8, 4) is 11.1 Å². The van der Waals surface area contributed by atoms with Gasteiger partial charge in [-0.1, -0.05) is 24.3 Å². The molecule has 0 saturated carbocycles. The van der Waals surface area contributed by atoms with Crippen LogP contribution in [-0.2, 0) is 11.2 Å². The maximum absolute atomic E-state index is 11.3. The number of hydrogen-bond donors (Lipinski definition) is 2. The molecule has 110 valence electrons. The number of carbonyl (C=O) groups is 1. The Bertz CT molecular complexity index is 951. The monoisotopic (exact) mass is 295 g/mol. The summed E-state index contributed by atoms with van der Waals surface area (Å²) in [4.78, 5) is 25.2. The summed E-state index contributed by atoms with van der Waals surface area (Å²) in [7, 11) is 0. The van der Waals surface area contributed by atoms with Gasteiger partial charge in [0, 0.05) is 0 Å². The standard InChI is InChI=1S/C17H13NO4/c19-16(20)13-6-5-12-10(2-1-3-11(12)13)9-4-7-15-14(8-9)18-17(21)22-15/h1-4,7-8,13H,5-6H2,(H,18,21)(H,19,20). The van der Waals surface area contributed by atoms with E-state index in [-0.39, 0.29) is 0 Å². The van der Waals surface area contributed by atoms with Gasteiger partial charge in [-0.25, -0.2) is 4.79 Å². The number of aromatic nitrogens is 1. The number of hydrogen-bond acceptors (Lipinski definition) is 3. The smallest absolute Gasteiger partial charge is 0.417 e. The number of rotatable bonds is 2. The van der Waals surface area contributed by atoms with Crippen LogP contribution in [-0.4, -0.2) is 16.1 Å². The fraction of sp³-hybridized carbons (Fsp3) is 0.176. The highest BCUT2D eigenvalue weighted by atomic mass is 16.4. The Morgan fingerprint density at radius 3 is 2.95 bits per heavy atom. The lowest BCUT2D eigenvalue weighted by Gasteiger charge is -2.10. The lowest BCUT2D eigenvalue weighted by Crippen LogP contribution is -2.07. The summed E-state index contributed by atoms with van der Waals surface area (Å²) < 4.78 is 5.01. The molecule has 4 rings (SSSR count). The molecule has 3 aromatic rings. The zero-order chi connectivity index (χ0) is 15.3. The summed E-state index contributed by atoms with van der Waals surface area (Å²) >= 11 is 0. The van der Waals surface area contributed by atoms with Crippen LogP contribution < -0.4 is 5.76 Å². The molecule has 1 heterocycles. The maximum Gasteiger partial charge on any atom is 0.417 e. The van der Waals surface area contributed by atoms with Crippen LogP contribution in [0.5, 0.6) is 0 Å². The third-order valence-corrected chi connectivity index (χ3v) is 4.30. The molecule has 1 aliphatic carbocycles. The number of aliphatic carboxylic acids is 1. The van der Waals surface area contributed by atoms with E-state index in [0.717, 1.165) is 28.7 Å². The zero-order valence-corrected chi connectivity index (χ0v) is 11.6. The van der Waals surface area contributed by atoms with Crippen LogP contribution in [0.3, 0.4) is 0 Å². The van der Waals surface area contributed by atoms with Gasteiger partial charge in [0.2, 0.25) is 0 Å². The second kappa shape index (κ2) is 4.59. The van der Waals surface area contributed by atoms with E-state index in [2.05, 4.69) is 4.98 Å². The van der Waals surface area contributed by atoms with Gasteiger partial charge < -0.3 is 9.52 Å². The molecule has 22 heavy (non-hydrogen) atoms. The minimum Gasteiger partial charge on any atom is -0.481 e. The van der Waals surface area contributed by atoms with E-state index >= 15 is 0 Å². The molecular formula is C17H13NO4. The number of aromatic amines is 1. The van der Waals surface area contributed by atoms with Crippen LogP contribution in [0.2, 0.25) is 0 Å². The topological polar surface area (TPSA) is 83.3 Å². The van der Waals surface area contributed by atoms with Crippen molar-refractivity contribution in [2.24, 2.45) is 0 Å². The molecule has 0 spiro atoms. The first-order valence-electron chi connectivity index (χ1n) is 7.11. The van der Waals surface area contributed by atoms with Crippen molar-refractivity contribution < 1.29 is 14.3 Å². The Hall–Kier alpha value is -2.82. The molecule has 2 N–H and O–H groups in total. The van der Waals surface area contributed by atoms with Gasteiger partial charge in [-0.15, -0.1) is 0 Å². The average molecular weight is 295 g/mol. The molecule has 2 aromatic carbocycles. The van der Waals surface area contributed by atoms with Crippen molar-refractivity contribution >= 4 is 17.1 Å². The van der Waals surface area contributed by atoms with Gasteiger partial charge in [-0.3, -0.25) is 9.78 Å². The Morgan fingerprint density at radius 1 is 1.27 bits per heavy atom. The van der Waals surface area contributed by atoms with Crippen molar-refractivity contribution in [3.63, 3.8) is 0 Å². The summed E-state index contributed by atoms with van der Waals surface area (Å²) in [6.45, 7) is 0. The number of carboxylic acid groups (broad SMARTS) is 1. The van der Waals surface area contributed by atoms with Gasteiger partial charge in [0.25, 0.3) is 0 Å². The average Bonchev–Trinajstić information content (AvgIpc) is 3.07. The van der Waals surface area contributed by atoms with Crippen LogP contribution in [0.25, 0.3) is 22.2 Å². The van der Waals surface area contributed by atoms with E-state index in [0.29, 0.717) is 17.5 Å². The predicted molar refractivity (Wildman–Crippen MR) is 81.0 cm³/mol. The van der Waals surface area contributed by atoms with Gasteiger partial charge in [0.15, 0.2) is 5.58 Å². The van der Waals surface area contributed by atoms with Crippen LogP contribution >= 0.6 is 0 Å². The van der Waals surface area contributed by atoms with Gasteiger partial charge in [0.05, 0.1) is 11.4 Å². The molecular weight excluding hydrogens is 282 g/mol. The summed E-state index contributed by atoms with van der Waals surface area (Å²) in [5.41, 5.74) is 5.11. The molecule has 1 aliphatic rings. The number of nitrogens with one attached hydrogen (secondary N) is 1. The van der Waals surface area contributed by atoms with Crippen LogP contribution in [0.1, 0.15) is 23.5 Å². The number of fused-ring (bicyclic) bond motifs is 2. The normalized spacial score (nSPS) is 16.8. The highest BCUT2D eigenvalue weighted by molar-refractivity contribution is 5.84. The van der Waals surface area contributed by atoms with Crippen molar-refractivity contribution in [2.75, 3.05) is 0 Å². The largest absolute Gasteiger partial charge is 0.481 e. The van der Waals surface area contributed by atoms with Gasteiger partial charge in [-0.2, -0.15) is 0 Å². The summed E-state index contributed by atoms with van der Waals surface area (Å²) in [5.74, 6) is -1.67. The van der Waals surface area contributed by atoms with Crippen molar-refractivity contribution in [1.82, 2.24) is 4.98 Å². The molecule has 0 fully saturated rings. The molecule has 0 saturated heterocycles. The summed E-state index contributed by atoms with van der Waals surface area (Å²) in [6.07, 6.45) is 1.38. The molecule has 0 amide bonds. The second-order valence-electron chi connectivity index (χ2n) is 5.53. The molecule has 0 aliphatic heterocycles. The first-order valence-corrected chi connectivity index (χ1v) is 7.11. The van der Waals surface area contributed by atoms with Crippen LogP contribution in [0, 0.1) is 0 Å². The lowest BCUT2D eigenvalue weighted by atomic mass is 9.94. The molecule has 0 radical (unpaired) electrons. The fourth-order valence-electron chi connectivity index (χ4n) is 3.30. The molecule has 5 nitrogen and oxygen atoms in total. The molecule has 1 atom stereocenters. The van der Waals surface area contributed by atoms with E-state index in [1.165, 1.54) is 0 Å². The van der Waals surface area contributed by atoms with Crippen molar-refractivity contribution in [1.29, 1.82) is 0 Å². The molecule has 1 aromatic heterocycles. The lowest BCUT2D eigenvalue weighted by molar-refractivity contribution is -0.138. The summed E-state index contributed by atoms with van der Waals surface area (Å²) in [6, 6.07) is 11.3. The zero-order valence-electron chi connectivity index (χ0n) is 11.6. The number of oxazole rings is 1. The third kappa shape index (κ3) is 1.86. The minimum absolute atomic E-state index is 0.424. The number of H-pyrrole nitrogens is 1. The van der Waals surface area contributed by atoms with E-state index in [4.69, 9.17) is 4.42 Å². The van der Waals surface area contributed by atoms with E-state index < -0.39 is 17.6 Å². The second-order valence-corrected chi connectivity index (χ2v) is 5.53. The van der Waals surface area contributed by atoms with E-state index in [1.54, 1.807) is 6.07 Å². The summed E-state index contributed by atoms with van der Waals surface area (Å²) in [5, 5.41) is 9.31. The maximum atomic E-state index is 11.3. The Labute approximate surface area is 125 Å². The SMILES string of the molecule is O=C(O)C1CCc2c(-c3ccc4oc(=O)[nH]c4c3)cccc21. The van der Waals surface area contributed by atoms with Crippen LogP contribution in [0.15, 0.2) is 45.6 Å². The highest BCUT2D eigenvalue weighted by Gasteiger charge is 2.29. The predicted octanol–water partition coefficient (Wildman–Crippen LogP) is 2.90. The van der Waals surface area contributed by atoms with Gasteiger partial charge >= 0.3 is 11.7 Å². The first kappa shape index (κ1) is 12.9.